The highest BCUT2D eigenvalue weighted by Crippen LogP contribution is 2.01. The molecule has 0 aromatic carbocycles. The molecule has 0 aliphatic carbocycles. The van der Waals surface area contributed by atoms with Crippen LogP contribution in [0.25, 0.3) is 0 Å². The topological polar surface area (TPSA) is 59.1 Å². The molecule has 0 unspecified atom stereocenters. The Hall–Kier alpha value is -1.71. The van der Waals surface area contributed by atoms with Crippen molar-refractivity contribution >= 4 is 12.2 Å². The smallest absolute Gasteiger partial charge is 0.207 e. The highest BCUT2D eigenvalue weighted by Gasteiger charge is 2.12. The number of aromatic nitrogens is 1. The molecule has 0 aliphatic heterocycles. The molecule has 14 heavy (non-hydrogen) atoms. The van der Waals surface area contributed by atoms with Crippen LogP contribution >= 0.6 is 0 Å². The van der Waals surface area contributed by atoms with E-state index in [0.29, 0.717) is 12.8 Å². The fourth-order valence-corrected chi connectivity index (χ4v) is 1.16. The molecule has 0 saturated heterocycles. The van der Waals surface area contributed by atoms with Crippen LogP contribution in [0, 0.1) is 0 Å². The Bertz CT molecular complexity index is 311. The van der Waals surface area contributed by atoms with Gasteiger partial charge in [-0.1, -0.05) is 0 Å². The monoisotopic (exact) mass is 192 g/mol. The Balaban J connectivity index is 2.64. The minimum absolute atomic E-state index is 0.0473. The summed E-state index contributed by atoms with van der Waals surface area (Å²) in [6.07, 6.45) is 4.38. The van der Waals surface area contributed by atoms with Crippen LogP contribution in [0.4, 0.5) is 0 Å². The number of pyridine rings is 1. The lowest BCUT2D eigenvalue weighted by molar-refractivity contribution is -0.121. The van der Waals surface area contributed by atoms with Crippen LogP contribution < -0.4 is 5.32 Å². The molecule has 0 fully saturated rings. The standard InChI is InChI=1S/C10H12N2O2/c1-8(14)10(12-7-13)6-9-2-4-11-5-3-9/h2-5,7,10H,6H2,1H3,(H,12,13)/t10-/m0/s1. The number of ketones is 1. The fraction of sp³-hybridized carbons (Fsp3) is 0.300. The Morgan fingerprint density at radius 1 is 1.57 bits per heavy atom. The van der Waals surface area contributed by atoms with E-state index >= 15 is 0 Å². The number of hydrogen-bond donors (Lipinski definition) is 1. The van der Waals surface area contributed by atoms with Crippen LogP contribution in [-0.4, -0.2) is 23.2 Å². The molecule has 4 heteroatoms. The first kappa shape index (κ1) is 10.4. The van der Waals surface area contributed by atoms with Crippen LogP contribution in [-0.2, 0) is 16.0 Å². The largest absolute Gasteiger partial charge is 0.349 e. The summed E-state index contributed by atoms with van der Waals surface area (Å²) in [6, 6.07) is 3.21. The molecule has 1 aromatic rings. The molecule has 1 amide bonds. The highest BCUT2D eigenvalue weighted by molar-refractivity contribution is 5.83. The zero-order valence-corrected chi connectivity index (χ0v) is 7.93. The molecule has 1 atom stereocenters. The summed E-state index contributed by atoms with van der Waals surface area (Å²) in [4.78, 5) is 25.2. The predicted molar refractivity (Wildman–Crippen MR) is 51.6 cm³/mol. The van der Waals surface area contributed by atoms with Crippen LogP contribution in [0.2, 0.25) is 0 Å². The molecule has 1 aromatic heterocycles. The minimum atomic E-state index is -0.435. The molecule has 1 heterocycles. The third-order valence-electron chi connectivity index (χ3n) is 1.95. The summed E-state index contributed by atoms with van der Waals surface area (Å²) in [5.41, 5.74) is 0.981. The van der Waals surface area contributed by atoms with Crippen molar-refractivity contribution in [2.75, 3.05) is 0 Å². The van der Waals surface area contributed by atoms with Gasteiger partial charge < -0.3 is 5.32 Å². The molecule has 0 aliphatic rings. The number of Topliss-reactive ketones (excluding diaryl/α,β-unsaturated/α-hetero) is 1. The number of nitrogens with one attached hydrogen (secondary N) is 1. The zero-order chi connectivity index (χ0) is 10.4. The first-order chi connectivity index (χ1) is 6.74. The van der Waals surface area contributed by atoms with Crippen molar-refractivity contribution in [1.29, 1.82) is 0 Å². The van der Waals surface area contributed by atoms with Gasteiger partial charge in [0, 0.05) is 12.4 Å². The lowest BCUT2D eigenvalue weighted by atomic mass is 10.0. The van der Waals surface area contributed by atoms with E-state index < -0.39 is 6.04 Å². The number of amides is 1. The van der Waals surface area contributed by atoms with Crippen molar-refractivity contribution in [3.63, 3.8) is 0 Å². The van der Waals surface area contributed by atoms with Crippen LogP contribution in [0.3, 0.4) is 0 Å². The molecular formula is C10H12N2O2. The zero-order valence-electron chi connectivity index (χ0n) is 7.93. The molecule has 4 nitrogen and oxygen atoms in total. The van der Waals surface area contributed by atoms with Crippen molar-refractivity contribution in [2.24, 2.45) is 0 Å². The number of nitrogens with zero attached hydrogens (tertiary/aromatic N) is 1. The van der Waals surface area contributed by atoms with Crippen molar-refractivity contribution in [2.45, 2.75) is 19.4 Å². The summed E-state index contributed by atoms with van der Waals surface area (Å²) in [7, 11) is 0. The Kier molecular flexibility index (Phi) is 3.79. The molecule has 1 N–H and O–H groups in total. The molecule has 0 bridgehead atoms. The van der Waals surface area contributed by atoms with Gasteiger partial charge in [0.2, 0.25) is 6.41 Å². The Morgan fingerprint density at radius 2 is 2.21 bits per heavy atom. The number of rotatable bonds is 5. The lowest BCUT2D eigenvalue weighted by Crippen LogP contribution is -2.36. The second-order valence-corrected chi connectivity index (χ2v) is 3.01. The Labute approximate surface area is 82.3 Å². The lowest BCUT2D eigenvalue weighted by Gasteiger charge is -2.11. The van der Waals surface area contributed by atoms with E-state index in [-0.39, 0.29) is 5.78 Å². The SMILES string of the molecule is CC(=O)[C@H](Cc1ccncc1)NC=O. The summed E-state index contributed by atoms with van der Waals surface area (Å²) in [6.45, 7) is 1.46. The van der Waals surface area contributed by atoms with Crippen LogP contribution in [0.1, 0.15) is 12.5 Å². The van der Waals surface area contributed by atoms with Gasteiger partial charge >= 0.3 is 0 Å². The first-order valence-corrected chi connectivity index (χ1v) is 4.33. The molecule has 0 spiro atoms. The maximum absolute atomic E-state index is 11.1. The average molecular weight is 192 g/mol. The van der Waals surface area contributed by atoms with Crippen molar-refractivity contribution in [3.05, 3.63) is 30.1 Å². The quantitative estimate of drug-likeness (QED) is 0.684. The van der Waals surface area contributed by atoms with Crippen molar-refractivity contribution < 1.29 is 9.59 Å². The second kappa shape index (κ2) is 5.11. The van der Waals surface area contributed by atoms with Gasteiger partial charge in [0.1, 0.15) is 0 Å². The van der Waals surface area contributed by atoms with E-state index in [0.717, 1.165) is 5.56 Å². The van der Waals surface area contributed by atoms with Crippen molar-refractivity contribution in [3.8, 4) is 0 Å². The summed E-state index contributed by atoms with van der Waals surface area (Å²) in [5, 5.41) is 2.48. The van der Waals surface area contributed by atoms with Crippen LogP contribution in [0.15, 0.2) is 24.5 Å². The maximum atomic E-state index is 11.1. The van der Waals surface area contributed by atoms with E-state index in [2.05, 4.69) is 10.3 Å². The summed E-state index contributed by atoms with van der Waals surface area (Å²) < 4.78 is 0. The molecular weight excluding hydrogens is 180 g/mol. The van der Waals surface area contributed by atoms with Gasteiger partial charge in [0.15, 0.2) is 5.78 Å². The molecule has 74 valence electrons. The Morgan fingerprint density at radius 3 is 2.71 bits per heavy atom. The van der Waals surface area contributed by atoms with Gasteiger partial charge in [-0.25, -0.2) is 0 Å². The fourth-order valence-electron chi connectivity index (χ4n) is 1.16. The van der Waals surface area contributed by atoms with Gasteiger partial charge in [-0.2, -0.15) is 0 Å². The minimum Gasteiger partial charge on any atom is -0.349 e. The van der Waals surface area contributed by atoms with E-state index in [1.807, 2.05) is 12.1 Å². The average Bonchev–Trinajstić information content (AvgIpc) is 2.18. The van der Waals surface area contributed by atoms with Gasteiger partial charge in [0.25, 0.3) is 0 Å². The van der Waals surface area contributed by atoms with Crippen molar-refractivity contribution in [1.82, 2.24) is 10.3 Å². The normalized spacial score (nSPS) is 11.8. The third kappa shape index (κ3) is 2.97. The third-order valence-corrected chi connectivity index (χ3v) is 1.95. The number of hydrogen-bond acceptors (Lipinski definition) is 3. The molecule has 0 saturated carbocycles. The molecule has 1 rings (SSSR count). The number of carbonyl (C=O) groups is 2. The number of carbonyl (C=O) groups excluding carboxylic acids is 2. The van der Waals surface area contributed by atoms with E-state index in [9.17, 15) is 9.59 Å². The summed E-state index contributed by atoms with van der Waals surface area (Å²) >= 11 is 0. The van der Waals surface area contributed by atoms with Crippen LogP contribution in [0.5, 0.6) is 0 Å². The maximum Gasteiger partial charge on any atom is 0.207 e. The summed E-state index contributed by atoms with van der Waals surface area (Å²) in [5.74, 6) is -0.0473. The van der Waals surface area contributed by atoms with Gasteiger partial charge in [-0.05, 0) is 31.0 Å². The van der Waals surface area contributed by atoms with Gasteiger partial charge in [0.05, 0.1) is 6.04 Å². The van der Waals surface area contributed by atoms with E-state index in [1.165, 1.54) is 6.92 Å². The van der Waals surface area contributed by atoms with Gasteiger partial charge in [-0.3, -0.25) is 14.6 Å². The highest BCUT2D eigenvalue weighted by atomic mass is 16.1. The van der Waals surface area contributed by atoms with E-state index in [4.69, 9.17) is 0 Å². The second-order valence-electron chi connectivity index (χ2n) is 3.01. The predicted octanol–water partition coefficient (Wildman–Crippen LogP) is 0.328. The van der Waals surface area contributed by atoms with Gasteiger partial charge in [-0.15, -0.1) is 0 Å². The first-order valence-electron chi connectivity index (χ1n) is 4.33. The van der Waals surface area contributed by atoms with E-state index in [1.54, 1.807) is 12.4 Å². The molecule has 0 radical (unpaired) electrons.